The van der Waals surface area contributed by atoms with Gasteiger partial charge in [0.2, 0.25) is 5.91 Å². The van der Waals surface area contributed by atoms with Crippen molar-refractivity contribution in [3.63, 3.8) is 0 Å². The Kier molecular flexibility index (Phi) is 3.40. The molecule has 20 heavy (non-hydrogen) atoms. The van der Waals surface area contributed by atoms with E-state index in [0.29, 0.717) is 13.0 Å². The van der Waals surface area contributed by atoms with E-state index in [-0.39, 0.29) is 18.0 Å². The summed E-state index contributed by atoms with van der Waals surface area (Å²) in [4.78, 5) is 18.3. The number of benzene rings is 1. The maximum Gasteiger partial charge on any atom is 0.223 e. The Bertz CT molecular complexity index is 640. The van der Waals surface area contributed by atoms with Crippen LogP contribution in [0.3, 0.4) is 0 Å². The van der Waals surface area contributed by atoms with E-state index in [1.807, 2.05) is 36.1 Å². The van der Waals surface area contributed by atoms with Gasteiger partial charge in [-0.15, -0.1) is 0 Å². The van der Waals surface area contributed by atoms with Crippen molar-refractivity contribution in [2.45, 2.75) is 31.8 Å². The zero-order valence-corrected chi connectivity index (χ0v) is 11.6. The third-order valence-corrected chi connectivity index (χ3v) is 4.06. The van der Waals surface area contributed by atoms with Gasteiger partial charge >= 0.3 is 0 Å². The van der Waals surface area contributed by atoms with Crippen LogP contribution in [0.5, 0.6) is 0 Å². The number of fused-ring (bicyclic) bond motifs is 1. The molecule has 2 heterocycles. The van der Waals surface area contributed by atoms with Crippen molar-refractivity contribution >= 4 is 16.8 Å². The predicted octanol–water partition coefficient (Wildman–Crippen LogP) is 2.25. The highest BCUT2D eigenvalue weighted by molar-refractivity contribution is 5.80. The van der Waals surface area contributed by atoms with Gasteiger partial charge in [-0.2, -0.15) is 0 Å². The van der Waals surface area contributed by atoms with Gasteiger partial charge in [0.05, 0.1) is 11.6 Å². The van der Waals surface area contributed by atoms with Gasteiger partial charge in [-0.05, 0) is 37.1 Å². The predicted molar refractivity (Wildman–Crippen MR) is 79.1 cm³/mol. The van der Waals surface area contributed by atoms with Gasteiger partial charge < -0.3 is 10.6 Å². The summed E-state index contributed by atoms with van der Waals surface area (Å²) in [7, 11) is 0. The summed E-state index contributed by atoms with van der Waals surface area (Å²) < 4.78 is 0. The maximum atomic E-state index is 12.1. The molecule has 0 saturated carbocycles. The van der Waals surface area contributed by atoms with Crippen LogP contribution in [-0.4, -0.2) is 28.4 Å². The van der Waals surface area contributed by atoms with Gasteiger partial charge in [-0.1, -0.05) is 12.1 Å². The molecular weight excluding hydrogens is 250 g/mol. The molecule has 2 atom stereocenters. The van der Waals surface area contributed by atoms with Crippen LogP contribution in [0.15, 0.2) is 36.5 Å². The number of pyridine rings is 1. The van der Waals surface area contributed by atoms with Gasteiger partial charge in [0, 0.05) is 30.6 Å². The molecule has 1 aromatic heterocycles. The van der Waals surface area contributed by atoms with E-state index in [0.717, 1.165) is 22.9 Å². The first-order valence-electron chi connectivity index (χ1n) is 7.10. The number of nitrogens with zero attached hydrogens (tertiary/aromatic N) is 2. The Morgan fingerprint density at radius 2 is 2.25 bits per heavy atom. The molecule has 0 aliphatic carbocycles. The van der Waals surface area contributed by atoms with Gasteiger partial charge in [0.1, 0.15) is 0 Å². The summed E-state index contributed by atoms with van der Waals surface area (Å²) in [6.07, 6.45) is 3.10. The lowest BCUT2D eigenvalue weighted by atomic mass is 9.90. The lowest BCUT2D eigenvalue weighted by molar-refractivity contribution is -0.137. The third-order valence-electron chi connectivity index (χ3n) is 4.06. The number of nitrogens with two attached hydrogens (primary N) is 1. The second kappa shape index (κ2) is 5.21. The number of amides is 1. The maximum absolute atomic E-state index is 12.1. The Morgan fingerprint density at radius 3 is 3.05 bits per heavy atom. The van der Waals surface area contributed by atoms with E-state index in [9.17, 15) is 4.79 Å². The number of rotatable bonds is 2. The molecule has 0 spiro atoms. The van der Waals surface area contributed by atoms with E-state index in [4.69, 9.17) is 5.73 Å². The van der Waals surface area contributed by atoms with Crippen LogP contribution < -0.4 is 5.73 Å². The number of likely N-dealkylation sites (N-methyl/N-ethyl adjacent to an activating group) is 1. The Labute approximate surface area is 118 Å². The lowest BCUT2D eigenvalue weighted by Gasteiger charge is -2.39. The molecule has 1 saturated heterocycles. The Morgan fingerprint density at radius 1 is 1.40 bits per heavy atom. The van der Waals surface area contributed by atoms with Gasteiger partial charge in [0.25, 0.3) is 0 Å². The average Bonchev–Trinajstić information content (AvgIpc) is 2.48. The zero-order valence-electron chi connectivity index (χ0n) is 11.6. The van der Waals surface area contributed by atoms with E-state index in [1.54, 1.807) is 6.20 Å². The molecule has 104 valence electrons. The fraction of sp³-hybridized carbons (Fsp3) is 0.375. The zero-order chi connectivity index (χ0) is 14.1. The quantitative estimate of drug-likeness (QED) is 0.909. The molecule has 0 bridgehead atoms. The Hall–Kier alpha value is -1.94. The number of aromatic nitrogens is 1. The molecular formula is C16H19N3O. The highest BCUT2D eigenvalue weighted by Gasteiger charge is 2.33. The molecule has 1 fully saturated rings. The van der Waals surface area contributed by atoms with Crippen LogP contribution in [0.1, 0.15) is 31.4 Å². The van der Waals surface area contributed by atoms with Crippen molar-refractivity contribution in [3.8, 4) is 0 Å². The van der Waals surface area contributed by atoms with Crippen molar-refractivity contribution in [1.82, 2.24) is 9.88 Å². The fourth-order valence-corrected chi connectivity index (χ4v) is 3.06. The number of hydrogen-bond donors (Lipinski definition) is 1. The Balaban J connectivity index is 2.04. The van der Waals surface area contributed by atoms with Crippen LogP contribution >= 0.6 is 0 Å². The molecule has 3 rings (SSSR count). The summed E-state index contributed by atoms with van der Waals surface area (Å²) in [5.74, 6) is 0.200. The highest BCUT2D eigenvalue weighted by Crippen LogP contribution is 2.31. The second-order valence-corrected chi connectivity index (χ2v) is 5.28. The number of likely N-dealkylation sites (tertiary alicyclic amines) is 1. The third kappa shape index (κ3) is 2.16. The van der Waals surface area contributed by atoms with Gasteiger partial charge in [-0.25, -0.2) is 0 Å². The number of carbonyl (C=O) groups is 1. The van der Waals surface area contributed by atoms with Gasteiger partial charge in [-0.3, -0.25) is 9.78 Å². The molecule has 2 N–H and O–H groups in total. The standard InChI is InChI=1S/C16H19N3O/c1-2-19-15(20)8-6-13(17)16(19)12-5-7-14-11(10-12)4-3-9-18-14/h3-5,7,9-10,13,16H,2,6,8,17H2,1H3. The summed E-state index contributed by atoms with van der Waals surface area (Å²) in [5, 5.41) is 1.09. The van der Waals surface area contributed by atoms with Crippen LogP contribution in [-0.2, 0) is 4.79 Å². The van der Waals surface area contributed by atoms with Gasteiger partial charge in [0.15, 0.2) is 0 Å². The highest BCUT2D eigenvalue weighted by atomic mass is 16.2. The van der Waals surface area contributed by atoms with Crippen molar-refractivity contribution in [1.29, 1.82) is 0 Å². The molecule has 2 aromatic rings. The number of piperidine rings is 1. The monoisotopic (exact) mass is 269 g/mol. The van der Waals surface area contributed by atoms with Crippen LogP contribution in [0.25, 0.3) is 10.9 Å². The van der Waals surface area contributed by atoms with E-state index in [2.05, 4.69) is 11.1 Å². The lowest BCUT2D eigenvalue weighted by Crippen LogP contribution is -2.48. The second-order valence-electron chi connectivity index (χ2n) is 5.28. The molecule has 4 heteroatoms. The molecule has 4 nitrogen and oxygen atoms in total. The van der Waals surface area contributed by atoms with E-state index >= 15 is 0 Å². The fourth-order valence-electron chi connectivity index (χ4n) is 3.06. The molecule has 2 unspecified atom stereocenters. The van der Waals surface area contributed by atoms with Crippen molar-refractivity contribution in [3.05, 3.63) is 42.1 Å². The first-order valence-corrected chi connectivity index (χ1v) is 7.10. The summed E-state index contributed by atoms with van der Waals surface area (Å²) in [6, 6.07) is 10.1. The topological polar surface area (TPSA) is 59.2 Å². The smallest absolute Gasteiger partial charge is 0.223 e. The van der Waals surface area contributed by atoms with Crippen molar-refractivity contribution in [2.24, 2.45) is 5.73 Å². The summed E-state index contributed by atoms with van der Waals surface area (Å²) in [6.45, 7) is 2.70. The molecule has 1 aromatic carbocycles. The van der Waals surface area contributed by atoms with Crippen LogP contribution in [0.4, 0.5) is 0 Å². The normalized spacial score (nSPS) is 23.3. The number of carbonyl (C=O) groups excluding carboxylic acids is 1. The largest absolute Gasteiger partial charge is 0.334 e. The SMILES string of the molecule is CCN1C(=O)CCC(N)C1c1ccc2ncccc2c1. The molecule has 1 aliphatic heterocycles. The van der Waals surface area contributed by atoms with E-state index in [1.165, 1.54) is 0 Å². The van der Waals surface area contributed by atoms with Crippen molar-refractivity contribution < 1.29 is 4.79 Å². The summed E-state index contributed by atoms with van der Waals surface area (Å²) in [5.41, 5.74) is 8.35. The average molecular weight is 269 g/mol. The first-order chi connectivity index (χ1) is 9.70. The van der Waals surface area contributed by atoms with Crippen LogP contribution in [0.2, 0.25) is 0 Å². The molecule has 1 aliphatic rings. The van der Waals surface area contributed by atoms with Crippen molar-refractivity contribution in [2.75, 3.05) is 6.54 Å². The molecule has 0 radical (unpaired) electrons. The first kappa shape index (κ1) is 13.1. The summed E-state index contributed by atoms with van der Waals surface area (Å²) >= 11 is 0. The minimum atomic E-state index is -0.0224. The minimum absolute atomic E-state index is 0.00164. The molecule has 1 amide bonds. The number of hydrogen-bond acceptors (Lipinski definition) is 3. The minimum Gasteiger partial charge on any atom is -0.334 e. The van der Waals surface area contributed by atoms with E-state index < -0.39 is 0 Å². The van der Waals surface area contributed by atoms with Crippen LogP contribution in [0, 0.1) is 0 Å².